The molecule has 0 N–H and O–H groups in total. The lowest BCUT2D eigenvalue weighted by molar-refractivity contribution is 0.0723. The lowest BCUT2D eigenvalue weighted by Gasteiger charge is -2.10. The van der Waals surface area contributed by atoms with E-state index < -0.39 is 29.7 Å². The highest BCUT2D eigenvalue weighted by Gasteiger charge is 2.16. The Hall–Kier alpha value is -6.49. The smallest absolute Gasteiger partial charge is 0.343 e. The van der Waals surface area contributed by atoms with Gasteiger partial charge in [-0.2, -0.15) is 0 Å². The predicted molar refractivity (Wildman–Crippen MR) is 253 cm³/mol. The Kier molecular flexibility index (Phi) is 21.8. The van der Waals surface area contributed by atoms with Crippen molar-refractivity contribution in [2.75, 3.05) is 13.2 Å². The Morgan fingerprint density at radius 2 is 0.712 bits per heavy atom. The molecule has 5 aromatic carbocycles. The van der Waals surface area contributed by atoms with Crippen LogP contribution in [0.25, 0.3) is 0 Å². The van der Waals surface area contributed by atoms with Crippen LogP contribution < -0.4 is 28.4 Å². The standard InChI is InChI=1S/C55H63FO10/c1-3-5-7-9-11-12-13-15-16-18-37-61-45-30-23-41(24-31-45)52(57)63-46-32-25-42(26-33-46)53(58)65-48-21-20-22-49(40-48)66-54(59)43-27-34-47(35-28-43)64-55(60)44-29-36-51(50(56)39-44)62-38-19-17-14-10-8-6-4-2/h20-36,39-40H,3-19,37-38H2,1-2H3. The first kappa shape index (κ1) is 50.5. The number of halogens is 1. The van der Waals surface area contributed by atoms with Gasteiger partial charge < -0.3 is 28.4 Å². The monoisotopic (exact) mass is 902 g/mol. The third kappa shape index (κ3) is 17.8. The van der Waals surface area contributed by atoms with Gasteiger partial charge in [0.15, 0.2) is 11.6 Å². The summed E-state index contributed by atoms with van der Waals surface area (Å²) in [5.74, 6) is -1.96. The second kappa shape index (κ2) is 28.4. The van der Waals surface area contributed by atoms with Crippen LogP contribution in [0.4, 0.5) is 4.39 Å². The Morgan fingerprint density at radius 3 is 1.14 bits per heavy atom. The fourth-order valence-electron chi connectivity index (χ4n) is 7.04. The van der Waals surface area contributed by atoms with Crippen LogP contribution in [-0.2, 0) is 0 Å². The van der Waals surface area contributed by atoms with E-state index >= 15 is 0 Å². The van der Waals surface area contributed by atoms with Gasteiger partial charge >= 0.3 is 23.9 Å². The second-order valence-electron chi connectivity index (χ2n) is 16.3. The molecule has 0 atom stereocenters. The fourth-order valence-corrected chi connectivity index (χ4v) is 7.04. The van der Waals surface area contributed by atoms with E-state index in [-0.39, 0.29) is 45.4 Å². The van der Waals surface area contributed by atoms with Gasteiger partial charge in [-0.05, 0) is 116 Å². The first-order chi connectivity index (χ1) is 32.2. The first-order valence-corrected chi connectivity index (χ1v) is 23.6. The number of esters is 4. The second-order valence-corrected chi connectivity index (χ2v) is 16.3. The summed E-state index contributed by atoms with van der Waals surface area (Å²) < 4.78 is 48.0. The number of hydrogen-bond acceptors (Lipinski definition) is 10. The van der Waals surface area contributed by atoms with Crippen molar-refractivity contribution in [3.63, 3.8) is 0 Å². The van der Waals surface area contributed by atoms with E-state index in [4.69, 9.17) is 28.4 Å². The quantitative estimate of drug-likeness (QED) is 0.0260. The molecule has 0 saturated carbocycles. The van der Waals surface area contributed by atoms with Gasteiger partial charge in [0, 0.05) is 6.07 Å². The zero-order valence-electron chi connectivity index (χ0n) is 38.4. The molecule has 0 fully saturated rings. The maximum atomic E-state index is 14.7. The summed E-state index contributed by atoms with van der Waals surface area (Å²) in [5, 5.41) is 0. The lowest BCUT2D eigenvalue weighted by atomic mass is 10.1. The van der Waals surface area contributed by atoms with Crippen molar-refractivity contribution in [3.8, 4) is 34.5 Å². The van der Waals surface area contributed by atoms with Crippen molar-refractivity contribution < 1.29 is 52.0 Å². The van der Waals surface area contributed by atoms with Gasteiger partial charge in [-0.15, -0.1) is 0 Å². The van der Waals surface area contributed by atoms with Crippen molar-refractivity contribution in [2.24, 2.45) is 0 Å². The molecule has 0 unspecified atom stereocenters. The van der Waals surface area contributed by atoms with Crippen LogP contribution in [0, 0.1) is 5.82 Å². The topological polar surface area (TPSA) is 124 Å². The van der Waals surface area contributed by atoms with E-state index in [0.29, 0.717) is 24.5 Å². The fraction of sp³-hybridized carbons (Fsp3) is 0.382. The van der Waals surface area contributed by atoms with Gasteiger partial charge in [0.2, 0.25) is 0 Å². The zero-order valence-corrected chi connectivity index (χ0v) is 38.4. The molecule has 0 bridgehead atoms. The summed E-state index contributed by atoms with van der Waals surface area (Å²) in [6, 6.07) is 28.4. The number of carbonyl (C=O) groups is 4. The van der Waals surface area contributed by atoms with Gasteiger partial charge in [-0.25, -0.2) is 23.6 Å². The molecule has 5 aromatic rings. The van der Waals surface area contributed by atoms with Crippen molar-refractivity contribution >= 4 is 23.9 Å². The van der Waals surface area contributed by atoms with Gasteiger partial charge in [-0.1, -0.05) is 116 Å². The normalized spacial score (nSPS) is 10.8. The number of hydrogen-bond donors (Lipinski definition) is 0. The van der Waals surface area contributed by atoms with Crippen molar-refractivity contribution in [2.45, 2.75) is 123 Å². The van der Waals surface area contributed by atoms with Crippen LogP contribution in [0.15, 0.2) is 115 Å². The third-order valence-corrected chi connectivity index (χ3v) is 10.9. The first-order valence-electron chi connectivity index (χ1n) is 23.6. The molecular weight excluding hydrogens is 840 g/mol. The molecule has 0 amide bonds. The maximum absolute atomic E-state index is 14.7. The van der Waals surface area contributed by atoms with E-state index in [9.17, 15) is 23.6 Å². The molecule has 0 aliphatic carbocycles. The van der Waals surface area contributed by atoms with Crippen LogP contribution in [0.5, 0.6) is 34.5 Å². The van der Waals surface area contributed by atoms with Gasteiger partial charge in [0.05, 0.1) is 35.5 Å². The van der Waals surface area contributed by atoms with Gasteiger partial charge in [0.25, 0.3) is 0 Å². The average Bonchev–Trinajstić information content (AvgIpc) is 3.32. The highest BCUT2D eigenvalue weighted by atomic mass is 19.1. The Morgan fingerprint density at radius 1 is 0.364 bits per heavy atom. The molecular formula is C55H63FO10. The van der Waals surface area contributed by atoms with Crippen LogP contribution in [0.3, 0.4) is 0 Å². The van der Waals surface area contributed by atoms with Crippen molar-refractivity contribution in [3.05, 3.63) is 143 Å². The molecule has 0 heterocycles. The van der Waals surface area contributed by atoms with E-state index in [0.717, 1.165) is 38.2 Å². The molecule has 10 nitrogen and oxygen atoms in total. The Bertz CT molecular complexity index is 2250. The summed E-state index contributed by atoms with van der Waals surface area (Å²) in [6.07, 6.45) is 20.4. The van der Waals surface area contributed by atoms with E-state index in [1.165, 1.54) is 156 Å². The molecule has 0 radical (unpaired) electrons. The molecule has 5 rings (SSSR count). The van der Waals surface area contributed by atoms with Crippen LogP contribution in [0.1, 0.15) is 164 Å². The molecule has 0 spiro atoms. The van der Waals surface area contributed by atoms with Gasteiger partial charge in [-0.3, -0.25) is 0 Å². The Balaban J connectivity index is 1.00. The van der Waals surface area contributed by atoms with Crippen molar-refractivity contribution in [1.29, 1.82) is 0 Å². The van der Waals surface area contributed by atoms with Crippen LogP contribution >= 0.6 is 0 Å². The summed E-state index contributed by atoms with van der Waals surface area (Å²) in [6.45, 7) is 5.45. The lowest BCUT2D eigenvalue weighted by Crippen LogP contribution is -2.11. The molecule has 0 aromatic heterocycles. The summed E-state index contributed by atoms with van der Waals surface area (Å²) in [4.78, 5) is 51.5. The zero-order chi connectivity index (χ0) is 46.8. The number of ether oxygens (including phenoxy) is 6. The van der Waals surface area contributed by atoms with E-state index in [1.54, 1.807) is 30.3 Å². The highest BCUT2D eigenvalue weighted by Crippen LogP contribution is 2.25. The minimum absolute atomic E-state index is 0.00974. The summed E-state index contributed by atoms with van der Waals surface area (Å²) in [5.41, 5.74) is 0.731. The van der Waals surface area contributed by atoms with Crippen molar-refractivity contribution in [1.82, 2.24) is 0 Å². The number of benzene rings is 5. The molecule has 11 heteroatoms. The highest BCUT2D eigenvalue weighted by molar-refractivity contribution is 5.94. The SMILES string of the molecule is CCCCCCCCCCCCOc1ccc(C(=O)Oc2ccc(C(=O)Oc3cccc(OC(=O)c4ccc(OC(=O)c5ccc(OCCCCCCCCC)c(F)c5)cc4)c3)cc2)cc1. The molecule has 0 aliphatic rings. The largest absolute Gasteiger partial charge is 0.494 e. The third-order valence-electron chi connectivity index (χ3n) is 10.9. The predicted octanol–water partition coefficient (Wildman–Crippen LogP) is 14.1. The summed E-state index contributed by atoms with van der Waals surface area (Å²) in [7, 11) is 0. The Labute approximate surface area is 388 Å². The molecule has 0 aliphatic heterocycles. The number of unbranched alkanes of at least 4 members (excludes halogenated alkanes) is 15. The molecule has 350 valence electrons. The maximum Gasteiger partial charge on any atom is 0.343 e. The van der Waals surface area contributed by atoms with Crippen LogP contribution in [0.2, 0.25) is 0 Å². The number of carbonyl (C=O) groups excluding carboxylic acids is 4. The average molecular weight is 903 g/mol. The van der Waals surface area contributed by atoms with E-state index in [2.05, 4.69) is 13.8 Å². The minimum atomic E-state index is -0.772. The summed E-state index contributed by atoms with van der Waals surface area (Å²) >= 11 is 0. The van der Waals surface area contributed by atoms with E-state index in [1.807, 2.05) is 0 Å². The number of rotatable bonds is 29. The molecule has 0 saturated heterocycles. The van der Waals surface area contributed by atoms with Crippen LogP contribution in [-0.4, -0.2) is 37.1 Å². The molecule has 66 heavy (non-hydrogen) atoms. The van der Waals surface area contributed by atoms with Gasteiger partial charge in [0.1, 0.15) is 28.7 Å². The minimum Gasteiger partial charge on any atom is -0.494 e.